The van der Waals surface area contributed by atoms with Gasteiger partial charge in [0.2, 0.25) is 11.8 Å². The molecule has 4 rings (SSSR count). The molecule has 1 aliphatic rings. The number of aromatic amines is 1. The van der Waals surface area contributed by atoms with Crippen molar-refractivity contribution >= 4 is 40.4 Å². The largest absolute Gasteiger partial charge is 0.479 e. The number of aliphatic carboxylic acids is 1. The number of hydrogen-bond acceptors (Lipinski definition) is 4. The highest BCUT2D eigenvalue weighted by Gasteiger charge is 2.45. The minimum absolute atomic E-state index is 0.0651. The third kappa shape index (κ3) is 5.50. The summed E-state index contributed by atoms with van der Waals surface area (Å²) in [6.45, 7) is 0. The lowest BCUT2D eigenvalue weighted by atomic mass is 9.79. The molecule has 1 aliphatic carbocycles. The van der Waals surface area contributed by atoms with E-state index in [1.54, 1.807) is 12.3 Å². The van der Waals surface area contributed by atoms with Gasteiger partial charge in [-0.25, -0.2) is 9.18 Å². The number of hydrogen-bond donors (Lipinski definition) is 4. The van der Waals surface area contributed by atoms with Crippen LogP contribution in [0.2, 0.25) is 0 Å². The van der Waals surface area contributed by atoms with Crippen LogP contribution in [0.4, 0.5) is 17.6 Å². The molecule has 12 heteroatoms. The molecule has 38 heavy (non-hydrogen) atoms. The Balaban J connectivity index is 1.57. The predicted octanol–water partition coefficient (Wildman–Crippen LogP) is 3.84. The third-order valence-electron chi connectivity index (χ3n) is 6.68. The number of carbonyl (C=O) groups excluding carboxylic acids is 2. The number of carbonyl (C=O) groups is 3. The van der Waals surface area contributed by atoms with Crippen molar-refractivity contribution < 1.29 is 37.1 Å². The molecule has 0 radical (unpaired) electrons. The van der Waals surface area contributed by atoms with E-state index in [-0.39, 0.29) is 47.9 Å². The van der Waals surface area contributed by atoms with Crippen molar-refractivity contribution in [3.8, 4) is 0 Å². The van der Waals surface area contributed by atoms with Crippen LogP contribution in [0.1, 0.15) is 28.8 Å². The van der Waals surface area contributed by atoms with Crippen LogP contribution in [0, 0.1) is 5.82 Å². The number of carboxylic acids is 1. The van der Waals surface area contributed by atoms with Crippen LogP contribution in [-0.2, 0) is 39.8 Å². The van der Waals surface area contributed by atoms with E-state index in [1.807, 2.05) is 0 Å². The van der Waals surface area contributed by atoms with Crippen molar-refractivity contribution in [1.82, 2.24) is 15.6 Å². The number of alkyl halides is 3. The Morgan fingerprint density at radius 1 is 1.16 bits per heavy atom. The molecule has 2 atom stereocenters. The lowest BCUT2D eigenvalue weighted by molar-refractivity contribution is -0.148. The Bertz CT molecular complexity index is 1390. The fourth-order valence-electron chi connectivity index (χ4n) is 4.78. The Hall–Kier alpha value is -3.54. The number of rotatable bonds is 8. The lowest BCUT2D eigenvalue weighted by Crippen LogP contribution is -2.62. The molecule has 0 spiro atoms. The van der Waals surface area contributed by atoms with Crippen LogP contribution < -0.4 is 10.6 Å². The monoisotopic (exact) mass is 551 g/mol. The second kappa shape index (κ2) is 10.7. The molecule has 0 fully saturated rings. The maximum Gasteiger partial charge on any atom is 0.418 e. The number of fused-ring (bicyclic) bond motifs is 3. The van der Waals surface area contributed by atoms with Gasteiger partial charge in [0.15, 0.2) is 0 Å². The fraction of sp³-hybridized carbons (Fsp3) is 0.346. The number of nitrogens with one attached hydrogen (secondary N) is 3. The summed E-state index contributed by atoms with van der Waals surface area (Å²) in [6, 6.07) is 8.31. The van der Waals surface area contributed by atoms with E-state index in [4.69, 9.17) is 0 Å². The average molecular weight is 552 g/mol. The zero-order chi connectivity index (χ0) is 27.7. The molecule has 1 aromatic heterocycles. The average Bonchev–Trinajstić information content (AvgIpc) is 3.22. The van der Waals surface area contributed by atoms with Crippen molar-refractivity contribution in [3.63, 3.8) is 0 Å². The minimum Gasteiger partial charge on any atom is -0.479 e. The first-order valence-electron chi connectivity index (χ1n) is 11.7. The van der Waals surface area contributed by atoms with E-state index in [0.717, 1.165) is 6.07 Å². The first kappa shape index (κ1) is 27.5. The van der Waals surface area contributed by atoms with Crippen molar-refractivity contribution in [1.29, 1.82) is 0 Å². The second-order valence-corrected chi connectivity index (χ2v) is 10.1. The highest BCUT2D eigenvalue weighted by Crippen LogP contribution is 2.40. The summed E-state index contributed by atoms with van der Waals surface area (Å²) in [6.07, 6.45) is -3.41. The standard InChI is InChI=1S/C26H25F4N3O4S/c1-38-13-20(31-21(34)11-14-5-2-3-8-18(14)27)23(35)33-25(24(36)37)10-9-19-16(12-25)15-6-4-7-17(22(15)32-19)26(28,29)30/h2-8,20,32H,9-13H2,1H3,(H,31,34)(H,33,35)(H,36,37). The summed E-state index contributed by atoms with van der Waals surface area (Å²) < 4.78 is 54.5. The van der Waals surface area contributed by atoms with Crippen LogP contribution in [-0.4, -0.2) is 51.5 Å². The Kier molecular flexibility index (Phi) is 7.73. The topological polar surface area (TPSA) is 111 Å². The van der Waals surface area contributed by atoms with Crippen molar-refractivity contribution in [2.45, 2.75) is 43.4 Å². The number of amides is 2. The quantitative estimate of drug-likeness (QED) is 0.318. The first-order chi connectivity index (χ1) is 17.9. The van der Waals surface area contributed by atoms with Gasteiger partial charge in [-0.15, -0.1) is 0 Å². The van der Waals surface area contributed by atoms with Gasteiger partial charge < -0.3 is 20.7 Å². The van der Waals surface area contributed by atoms with Crippen LogP contribution in [0.15, 0.2) is 42.5 Å². The molecular formula is C26H25F4N3O4S. The Morgan fingerprint density at radius 2 is 1.89 bits per heavy atom. The predicted molar refractivity (Wildman–Crippen MR) is 134 cm³/mol. The highest BCUT2D eigenvalue weighted by molar-refractivity contribution is 7.98. The van der Waals surface area contributed by atoms with Gasteiger partial charge in [-0.1, -0.05) is 30.3 Å². The summed E-state index contributed by atoms with van der Waals surface area (Å²) in [7, 11) is 0. The molecule has 2 amide bonds. The number of benzene rings is 2. The highest BCUT2D eigenvalue weighted by atomic mass is 32.2. The van der Waals surface area contributed by atoms with Gasteiger partial charge >= 0.3 is 12.1 Å². The molecule has 0 bridgehead atoms. The fourth-order valence-corrected chi connectivity index (χ4v) is 5.35. The van der Waals surface area contributed by atoms with E-state index < -0.39 is 46.9 Å². The van der Waals surface area contributed by atoms with Gasteiger partial charge in [-0.3, -0.25) is 9.59 Å². The minimum atomic E-state index is -4.60. The molecule has 0 saturated carbocycles. The molecule has 202 valence electrons. The molecule has 0 aliphatic heterocycles. The van der Waals surface area contributed by atoms with Gasteiger partial charge in [0.05, 0.1) is 17.5 Å². The summed E-state index contributed by atoms with van der Waals surface area (Å²) >= 11 is 1.25. The van der Waals surface area contributed by atoms with Crippen LogP contribution in [0.5, 0.6) is 0 Å². The number of carboxylic acid groups (broad SMARTS) is 1. The zero-order valence-corrected chi connectivity index (χ0v) is 21.1. The maximum absolute atomic E-state index is 13.9. The summed E-state index contributed by atoms with van der Waals surface area (Å²) in [4.78, 5) is 41.1. The van der Waals surface area contributed by atoms with E-state index in [2.05, 4.69) is 15.6 Å². The van der Waals surface area contributed by atoms with Crippen molar-refractivity contribution in [2.24, 2.45) is 0 Å². The number of aromatic nitrogens is 1. The van der Waals surface area contributed by atoms with E-state index in [9.17, 15) is 37.1 Å². The van der Waals surface area contributed by atoms with Gasteiger partial charge in [-0.2, -0.15) is 24.9 Å². The number of aryl methyl sites for hydroxylation is 1. The third-order valence-corrected chi connectivity index (χ3v) is 7.35. The molecule has 3 aromatic rings. The number of H-pyrrole nitrogens is 1. The van der Waals surface area contributed by atoms with E-state index in [1.165, 1.54) is 42.1 Å². The van der Waals surface area contributed by atoms with E-state index >= 15 is 0 Å². The van der Waals surface area contributed by atoms with Gasteiger partial charge in [0, 0.05) is 23.3 Å². The molecule has 2 aromatic carbocycles. The van der Waals surface area contributed by atoms with Crippen LogP contribution in [0.25, 0.3) is 10.9 Å². The Morgan fingerprint density at radius 3 is 2.55 bits per heavy atom. The lowest BCUT2D eigenvalue weighted by Gasteiger charge is -2.35. The maximum atomic E-state index is 13.9. The van der Waals surface area contributed by atoms with Gasteiger partial charge in [-0.05, 0) is 42.4 Å². The van der Waals surface area contributed by atoms with Gasteiger partial charge in [0.1, 0.15) is 17.4 Å². The first-order valence-corrected chi connectivity index (χ1v) is 13.1. The summed E-state index contributed by atoms with van der Waals surface area (Å²) in [5, 5.41) is 15.5. The molecular weight excluding hydrogens is 526 g/mol. The molecule has 4 N–H and O–H groups in total. The Labute approximate surface area is 219 Å². The molecule has 1 heterocycles. The number of para-hydroxylation sites is 1. The summed E-state index contributed by atoms with van der Waals surface area (Å²) in [5.74, 6) is -3.14. The normalized spacial score (nSPS) is 18.0. The van der Waals surface area contributed by atoms with Crippen molar-refractivity contribution in [3.05, 3.63) is 70.7 Å². The molecule has 2 unspecified atom stereocenters. The van der Waals surface area contributed by atoms with Gasteiger partial charge in [0.25, 0.3) is 0 Å². The van der Waals surface area contributed by atoms with Crippen LogP contribution >= 0.6 is 11.8 Å². The van der Waals surface area contributed by atoms with E-state index in [0.29, 0.717) is 11.3 Å². The SMILES string of the molecule is CSCC(NC(=O)Cc1ccccc1F)C(=O)NC1(C(=O)O)CCc2[nH]c3c(C(F)(F)F)cccc3c2C1. The van der Waals surface area contributed by atoms with Crippen molar-refractivity contribution in [2.75, 3.05) is 12.0 Å². The smallest absolute Gasteiger partial charge is 0.418 e. The second-order valence-electron chi connectivity index (χ2n) is 9.20. The number of halogens is 4. The number of thioether (sulfide) groups is 1. The van der Waals surface area contributed by atoms with Crippen LogP contribution in [0.3, 0.4) is 0 Å². The summed E-state index contributed by atoms with van der Waals surface area (Å²) in [5.41, 5.74) is -1.75. The molecule has 0 saturated heterocycles. The zero-order valence-electron chi connectivity index (χ0n) is 20.2. The molecule has 7 nitrogen and oxygen atoms in total.